The van der Waals surface area contributed by atoms with Crippen LogP contribution in [0.25, 0.3) is 10.9 Å². The van der Waals surface area contributed by atoms with Gasteiger partial charge in [-0.3, -0.25) is 4.79 Å². The van der Waals surface area contributed by atoms with Crippen molar-refractivity contribution >= 4 is 26.8 Å². The molecule has 32 heavy (non-hydrogen) atoms. The smallest absolute Gasteiger partial charge is 0.254 e. The Morgan fingerprint density at radius 3 is 2.38 bits per heavy atom. The highest BCUT2D eigenvalue weighted by atomic mass is 32.2. The molecule has 0 aliphatic carbocycles. The van der Waals surface area contributed by atoms with Gasteiger partial charge in [0.25, 0.3) is 5.91 Å². The van der Waals surface area contributed by atoms with Crippen molar-refractivity contribution in [2.24, 2.45) is 0 Å². The number of amides is 1. The average Bonchev–Trinajstić information content (AvgIpc) is 2.81. The topological polar surface area (TPSA) is 79.8 Å². The van der Waals surface area contributed by atoms with Crippen LogP contribution in [0.3, 0.4) is 0 Å². The van der Waals surface area contributed by atoms with E-state index in [2.05, 4.69) is 4.98 Å². The lowest BCUT2D eigenvalue weighted by Gasteiger charge is -2.38. The Hall–Kier alpha value is -2.97. The van der Waals surface area contributed by atoms with Crippen LogP contribution in [0.5, 0.6) is 5.88 Å². The fraction of sp³-hybridized carbons (Fsp3) is 0.333. The second kappa shape index (κ2) is 8.52. The minimum absolute atomic E-state index is 0.105. The zero-order valence-corrected chi connectivity index (χ0v) is 18.5. The van der Waals surface area contributed by atoms with Gasteiger partial charge in [0.1, 0.15) is 6.10 Å². The third-order valence-corrected chi connectivity index (χ3v) is 7.96. The van der Waals surface area contributed by atoms with Crippen LogP contribution in [-0.2, 0) is 10.0 Å². The molecule has 0 N–H and O–H groups in total. The predicted octanol–water partition coefficient (Wildman–Crippen LogP) is 3.31. The summed E-state index contributed by atoms with van der Waals surface area (Å²) in [5.41, 5.74) is 1.35. The van der Waals surface area contributed by atoms with Crippen molar-refractivity contribution in [3.8, 4) is 5.88 Å². The summed E-state index contributed by atoms with van der Waals surface area (Å²) in [5, 5.41) is 1.05. The average molecular weight is 452 g/mol. The van der Waals surface area contributed by atoms with Gasteiger partial charge in [-0.1, -0.05) is 24.6 Å². The van der Waals surface area contributed by atoms with Crippen LogP contribution in [0.15, 0.2) is 65.6 Å². The Balaban J connectivity index is 1.19. The number of piperidine rings is 1. The van der Waals surface area contributed by atoms with Gasteiger partial charge in [-0.25, -0.2) is 13.4 Å². The highest BCUT2D eigenvalue weighted by Gasteiger charge is 2.33. The van der Waals surface area contributed by atoms with Gasteiger partial charge in [-0.15, -0.1) is 0 Å². The molecule has 3 aromatic rings. The molecule has 0 unspecified atom stereocenters. The van der Waals surface area contributed by atoms with Crippen molar-refractivity contribution in [2.45, 2.75) is 30.3 Å². The Bertz CT molecular complexity index is 1230. The highest BCUT2D eigenvalue weighted by molar-refractivity contribution is 7.89. The molecule has 0 atom stereocenters. The first kappa shape index (κ1) is 20.9. The van der Waals surface area contributed by atoms with Gasteiger partial charge >= 0.3 is 0 Å². The quantitative estimate of drug-likeness (QED) is 0.595. The van der Waals surface area contributed by atoms with Crippen molar-refractivity contribution < 1.29 is 17.9 Å². The fourth-order valence-electron chi connectivity index (χ4n) is 4.17. The summed E-state index contributed by atoms with van der Waals surface area (Å²) < 4.78 is 33.0. The predicted molar refractivity (Wildman–Crippen MR) is 121 cm³/mol. The van der Waals surface area contributed by atoms with Crippen LogP contribution in [0.4, 0.5) is 0 Å². The standard InChI is InChI=1S/C24H25N3O4S/c28-24(19-8-11-21(12-9-19)32(29,30)27-14-4-1-5-15-27)26-16-20(17-26)31-23-13-10-18-6-2-3-7-22(18)25-23/h2-3,6-13,20H,1,4-5,14-17H2. The summed E-state index contributed by atoms with van der Waals surface area (Å²) in [6.45, 7) is 2.07. The number of benzene rings is 2. The van der Waals surface area contributed by atoms with Crippen molar-refractivity contribution in [1.82, 2.24) is 14.2 Å². The van der Waals surface area contributed by atoms with E-state index in [0.29, 0.717) is 37.6 Å². The second-order valence-electron chi connectivity index (χ2n) is 8.28. The summed E-state index contributed by atoms with van der Waals surface area (Å²) in [6, 6.07) is 17.9. The first-order valence-electron chi connectivity index (χ1n) is 10.9. The Labute approximate surface area is 187 Å². The number of rotatable bonds is 5. The van der Waals surface area contributed by atoms with Gasteiger partial charge in [0.2, 0.25) is 15.9 Å². The van der Waals surface area contributed by atoms with E-state index in [1.807, 2.05) is 36.4 Å². The lowest BCUT2D eigenvalue weighted by Crippen LogP contribution is -2.56. The third kappa shape index (κ3) is 4.08. The molecular weight excluding hydrogens is 426 g/mol. The minimum atomic E-state index is -3.49. The third-order valence-electron chi connectivity index (χ3n) is 6.05. The Morgan fingerprint density at radius 2 is 1.62 bits per heavy atom. The van der Waals surface area contributed by atoms with E-state index in [0.717, 1.165) is 30.2 Å². The second-order valence-corrected chi connectivity index (χ2v) is 10.2. The Kier molecular flexibility index (Phi) is 5.57. The number of nitrogens with zero attached hydrogens (tertiary/aromatic N) is 3. The van der Waals surface area contributed by atoms with Crippen LogP contribution in [-0.4, -0.2) is 60.8 Å². The molecule has 0 bridgehead atoms. The zero-order chi connectivity index (χ0) is 22.1. The summed E-state index contributed by atoms with van der Waals surface area (Å²) in [4.78, 5) is 19.2. The molecule has 5 rings (SSSR count). The van der Waals surface area contributed by atoms with Gasteiger partial charge < -0.3 is 9.64 Å². The molecule has 0 radical (unpaired) electrons. The first-order valence-corrected chi connectivity index (χ1v) is 12.4. The summed E-state index contributed by atoms with van der Waals surface area (Å²) >= 11 is 0. The van der Waals surface area contributed by atoms with Gasteiger partial charge in [0.05, 0.1) is 23.5 Å². The van der Waals surface area contributed by atoms with Crippen molar-refractivity contribution in [1.29, 1.82) is 0 Å². The zero-order valence-electron chi connectivity index (χ0n) is 17.7. The molecule has 8 heteroatoms. The number of carbonyl (C=O) groups is 1. The van der Waals surface area contributed by atoms with E-state index in [-0.39, 0.29) is 16.9 Å². The lowest BCUT2D eigenvalue weighted by molar-refractivity contribution is 0.0161. The molecular formula is C24H25N3O4S. The van der Waals surface area contributed by atoms with E-state index < -0.39 is 10.0 Å². The van der Waals surface area contributed by atoms with E-state index in [4.69, 9.17) is 4.74 Å². The largest absolute Gasteiger partial charge is 0.471 e. The van der Waals surface area contributed by atoms with E-state index >= 15 is 0 Å². The summed E-state index contributed by atoms with van der Waals surface area (Å²) in [5.74, 6) is 0.423. The number of fused-ring (bicyclic) bond motifs is 1. The first-order chi connectivity index (χ1) is 15.5. The molecule has 2 aliphatic heterocycles. The SMILES string of the molecule is O=C(c1ccc(S(=O)(=O)N2CCCCC2)cc1)N1CC(Oc2ccc3ccccc3n2)C1. The Morgan fingerprint density at radius 1 is 0.906 bits per heavy atom. The summed E-state index contributed by atoms with van der Waals surface area (Å²) in [6.07, 6.45) is 2.74. The fourth-order valence-corrected chi connectivity index (χ4v) is 5.69. The van der Waals surface area contributed by atoms with Crippen LogP contribution in [0.1, 0.15) is 29.6 Å². The number of sulfonamides is 1. The normalized spacial score (nSPS) is 17.8. The maximum absolute atomic E-state index is 12.8. The van der Waals surface area contributed by atoms with E-state index in [1.54, 1.807) is 17.0 Å². The van der Waals surface area contributed by atoms with Gasteiger partial charge in [0, 0.05) is 30.1 Å². The number of likely N-dealkylation sites (tertiary alicyclic amines) is 1. The van der Waals surface area contributed by atoms with Crippen LogP contribution in [0, 0.1) is 0 Å². The van der Waals surface area contributed by atoms with Gasteiger partial charge in [0.15, 0.2) is 0 Å². The van der Waals surface area contributed by atoms with Gasteiger partial charge in [-0.05, 0) is 49.2 Å². The maximum Gasteiger partial charge on any atom is 0.254 e. The van der Waals surface area contributed by atoms with Crippen LogP contribution < -0.4 is 4.74 Å². The molecule has 2 aliphatic rings. The number of carbonyl (C=O) groups excluding carboxylic acids is 1. The lowest BCUT2D eigenvalue weighted by atomic mass is 10.1. The monoisotopic (exact) mass is 451 g/mol. The van der Waals surface area contributed by atoms with Crippen molar-refractivity contribution in [3.63, 3.8) is 0 Å². The molecule has 3 heterocycles. The molecule has 1 aromatic heterocycles. The molecule has 2 saturated heterocycles. The molecule has 166 valence electrons. The molecule has 2 fully saturated rings. The molecule has 0 spiro atoms. The number of aromatic nitrogens is 1. The van der Waals surface area contributed by atoms with E-state index in [9.17, 15) is 13.2 Å². The molecule has 7 nitrogen and oxygen atoms in total. The number of pyridine rings is 1. The highest BCUT2D eigenvalue weighted by Crippen LogP contribution is 2.24. The number of para-hydroxylation sites is 1. The maximum atomic E-state index is 12.8. The molecule has 0 saturated carbocycles. The molecule has 1 amide bonds. The van der Waals surface area contributed by atoms with Gasteiger partial charge in [-0.2, -0.15) is 4.31 Å². The number of hydrogen-bond acceptors (Lipinski definition) is 5. The van der Waals surface area contributed by atoms with E-state index in [1.165, 1.54) is 16.4 Å². The number of ether oxygens (including phenoxy) is 1. The van der Waals surface area contributed by atoms with Crippen LogP contribution in [0.2, 0.25) is 0 Å². The van der Waals surface area contributed by atoms with Crippen LogP contribution >= 0.6 is 0 Å². The molecule has 2 aromatic carbocycles. The number of hydrogen-bond donors (Lipinski definition) is 0. The van der Waals surface area contributed by atoms with Crippen molar-refractivity contribution in [2.75, 3.05) is 26.2 Å². The van der Waals surface area contributed by atoms with Crippen molar-refractivity contribution in [3.05, 3.63) is 66.2 Å². The summed E-state index contributed by atoms with van der Waals surface area (Å²) in [7, 11) is -3.49. The minimum Gasteiger partial charge on any atom is -0.471 e.